The van der Waals surface area contributed by atoms with Crippen molar-refractivity contribution >= 4 is 43.5 Å². The minimum Gasteiger partial charge on any atom is -0.350 e. The molecule has 0 amide bonds. The van der Waals surface area contributed by atoms with E-state index < -0.39 is 32.7 Å². The van der Waals surface area contributed by atoms with Crippen LogP contribution in [0, 0.1) is 5.92 Å². The van der Waals surface area contributed by atoms with E-state index in [2.05, 4.69) is 15.1 Å². The van der Waals surface area contributed by atoms with E-state index in [-0.39, 0.29) is 16.8 Å². The number of nitrogens with one attached hydrogen (secondary N) is 2. The summed E-state index contributed by atoms with van der Waals surface area (Å²) in [5.41, 5.74) is -0.629. The maximum Gasteiger partial charge on any atom is 0.287 e. The van der Waals surface area contributed by atoms with Gasteiger partial charge in [0.05, 0.1) is 23.5 Å². The molecule has 0 bridgehead atoms. The van der Waals surface area contributed by atoms with Crippen molar-refractivity contribution < 1.29 is 13.0 Å². The number of aromatic amines is 2. The minimum absolute atomic E-state index is 0.0599. The van der Waals surface area contributed by atoms with Crippen molar-refractivity contribution in [1.29, 1.82) is 0 Å². The number of benzene rings is 1. The Morgan fingerprint density at radius 1 is 1.15 bits per heavy atom. The summed E-state index contributed by atoms with van der Waals surface area (Å²) in [6.45, 7) is 4.04. The van der Waals surface area contributed by atoms with Gasteiger partial charge < -0.3 is 4.98 Å². The van der Waals surface area contributed by atoms with Crippen molar-refractivity contribution in [2.45, 2.75) is 26.3 Å². The molecule has 0 saturated heterocycles. The number of H-pyrrole nitrogens is 2. The van der Waals surface area contributed by atoms with Gasteiger partial charge in [0.1, 0.15) is 10.9 Å². The molecule has 3 heterocycles. The summed E-state index contributed by atoms with van der Waals surface area (Å²) in [7, 11) is -3.67. The Bertz CT molecular complexity index is 1620. The molecule has 34 heavy (non-hydrogen) atoms. The number of fused-ring (bicyclic) bond motifs is 2. The number of rotatable bonds is 4. The van der Waals surface area contributed by atoms with Gasteiger partial charge in [0, 0.05) is 16.6 Å². The van der Waals surface area contributed by atoms with Crippen LogP contribution in [0.25, 0.3) is 21.8 Å². The molecule has 0 aliphatic rings. The molecule has 0 fully saturated rings. The molecular formula is C22H23ClN4O6S. The first-order chi connectivity index (χ1) is 15.9. The Balaban J connectivity index is 0.000000588. The summed E-state index contributed by atoms with van der Waals surface area (Å²) in [5.74, 6) is 0.227. The molecular weight excluding hydrogens is 484 g/mol. The van der Waals surface area contributed by atoms with Crippen molar-refractivity contribution in [3.05, 3.63) is 84.2 Å². The first-order valence-electron chi connectivity index (χ1n) is 10.2. The Labute approximate surface area is 199 Å². The Hall–Kier alpha value is -3.28. The molecule has 12 heteroatoms. The van der Waals surface area contributed by atoms with Gasteiger partial charge in [0.15, 0.2) is 0 Å². The lowest BCUT2D eigenvalue weighted by molar-refractivity contribution is 0.399. The molecule has 4 rings (SSSR count). The van der Waals surface area contributed by atoms with Gasteiger partial charge in [0.25, 0.3) is 21.2 Å². The van der Waals surface area contributed by atoms with Crippen LogP contribution in [0.15, 0.2) is 57.0 Å². The molecule has 1 aromatic carbocycles. The highest BCUT2D eigenvalue weighted by atomic mass is 35.5. The second-order valence-corrected chi connectivity index (χ2v) is 10.0. The average molecular weight is 507 g/mol. The van der Waals surface area contributed by atoms with E-state index in [1.165, 1.54) is 4.68 Å². The molecule has 3 N–H and O–H groups in total. The molecule has 0 saturated carbocycles. The topological polar surface area (TPSA) is 155 Å². The van der Waals surface area contributed by atoms with Crippen molar-refractivity contribution in [2.75, 3.05) is 6.26 Å². The molecule has 0 spiro atoms. The lowest BCUT2D eigenvalue weighted by Crippen LogP contribution is -2.37. The third-order valence-corrected chi connectivity index (χ3v) is 5.12. The van der Waals surface area contributed by atoms with Gasteiger partial charge >= 0.3 is 0 Å². The number of halogens is 1. The molecule has 0 aliphatic heterocycles. The Morgan fingerprint density at radius 2 is 1.82 bits per heavy atom. The van der Waals surface area contributed by atoms with Crippen LogP contribution in [0.1, 0.15) is 32.0 Å². The number of hydrogen-bond donors (Lipinski definition) is 3. The van der Waals surface area contributed by atoms with Gasteiger partial charge in [-0.15, -0.1) is 0 Å². The lowest BCUT2D eigenvalue weighted by atomic mass is 10.0. The second kappa shape index (κ2) is 9.92. The number of nitrogens with zero attached hydrogens (tertiary/aromatic N) is 2. The molecule has 3 aromatic heterocycles. The fourth-order valence-corrected chi connectivity index (χ4v) is 3.74. The van der Waals surface area contributed by atoms with E-state index in [1.54, 1.807) is 36.5 Å². The summed E-state index contributed by atoms with van der Waals surface area (Å²) in [6, 6.07) is 9.58. The molecule has 180 valence electrons. The zero-order chi connectivity index (χ0) is 25.2. The fourth-order valence-electron chi connectivity index (χ4n) is 3.57. The van der Waals surface area contributed by atoms with E-state index in [0.717, 1.165) is 0 Å². The molecule has 0 aliphatic carbocycles. The van der Waals surface area contributed by atoms with Gasteiger partial charge in [-0.25, -0.2) is 4.68 Å². The van der Waals surface area contributed by atoms with Crippen LogP contribution in [-0.4, -0.2) is 39.0 Å². The predicted molar refractivity (Wildman–Crippen MR) is 131 cm³/mol. The normalized spacial score (nSPS) is 12.5. The summed E-state index contributed by atoms with van der Waals surface area (Å²) in [4.78, 5) is 46.5. The molecule has 1 atom stereocenters. The summed E-state index contributed by atoms with van der Waals surface area (Å²) >= 11 is 6.00. The van der Waals surface area contributed by atoms with E-state index >= 15 is 0 Å². The van der Waals surface area contributed by atoms with Crippen molar-refractivity contribution in [3.63, 3.8) is 0 Å². The van der Waals surface area contributed by atoms with Crippen LogP contribution in [0.5, 0.6) is 0 Å². The number of pyridine rings is 2. The van der Waals surface area contributed by atoms with Gasteiger partial charge in [-0.1, -0.05) is 31.5 Å². The van der Waals surface area contributed by atoms with Crippen LogP contribution in [-0.2, 0) is 10.1 Å². The van der Waals surface area contributed by atoms with Gasteiger partial charge in [-0.2, -0.15) is 8.42 Å². The minimum atomic E-state index is -3.67. The van der Waals surface area contributed by atoms with E-state index in [9.17, 15) is 22.8 Å². The predicted octanol–water partition coefficient (Wildman–Crippen LogP) is 2.72. The third kappa shape index (κ3) is 5.79. The number of aromatic nitrogens is 4. The van der Waals surface area contributed by atoms with Crippen LogP contribution >= 0.6 is 11.6 Å². The van der Waals surface area contributed by atoms with E-state index in [0.29, 0.717) is 34.3 Å². The first kappa shape index (κ1) is 25.3. The standard InChI is InChI=1S/C21H19ClN4O3.CH4O3S/c1-11(2)9-16(14-5-3-4-8-23-14)26-21(29)17-18(20(28)25-26)24-15-10-12(22)6-7-13(15)19(17)27;1-5(2,3)4/h3-8,10-11,16H,9H2,1-2H3,(H,24,27)(H,25,28);1H3,(H,2,3,4). The average Bonchev–Trinajstić information content (AvgIpc) is 2.74. The van der Waals surface area contributed by atoms with Crippen LogP contribution in [0.3, 0.4) is 0 Å². The number of hydrogen-bond acceptors (Lipinski definition) is 6. The monoisotopic (exact) mass is 506 g/mol. The Morgan fingerprint density at radius 3 is 2.41 bits per heavy atom. The second-order valence-electron chi connectivity index (χ2n) is 8.14. The van der Waals surface area contributed by atoms with Gasteiger partial charge in [0.2, 0.25) is 5.43 Å². The van der Waals surface area contributed by atoms with Crippen molar-refractivity contribution in [3.8, 4) is 0 Å². The molecule has 0 radical (unpaired) electrons. The highest BCUT2D eigenvalue weighted by molar-refractivity contribution is 7.85. The van der Waals surface area contributed by atoms with Crippen LogP contribution in [0.4, 0.5) is 0 Å². The van der Waals surface area contributed by atoms with E-state index in [4.69, 9.17) is 16.2 Å². The first-order valence-corrected chi connectivity index (χ1v) is 12.4. The largest absolute Gasteiger partial charge is 0.350 e. The Kier molecular flexibility index (Phi) is 7.39. The van der Waals surface area contributed by atoms with Gasteiger partial charge in [-0.05, 0) is 42.7 Å². The van der Waals surface area contributed by atoms with E-state index in [1.807, 2.05) is 19.9 Å². The van der Waals surface area contributed by atoms with Crippen molar-refractivity contribution in [1.82, 2.24) is 19.7 Å². The summed E-state index contributed by atoms with van der Waals surface area (Å²) < 4.78 is 27.1. The highest BCUT2D eigenvalue weighted by Crippen LogP contribution is 2.22. The van der Waals surface area contributed by atoms with Crippen molar-refractivity contribution in [2.24, 2.45) is 5.92 Å². The van der Waals surface area contributed by atoms with Crippen LogP contribution < -0.4 is 16.5 Å². The lowest BCUT2D eigenvalue weighted by Gasteiger charge is -2.21. The maximum absolute atomic E-state index is 13.3. The van der Waals surface area contributed by atoms with Crippen LogP contribution in [0.2, 0.25) is 5.02 Å². The zero-order valence-corrected chi connectivity index (χ0v) is 20.1. The SMILES string of the molecule is CC(C)CC(c1ccccn1)n1[nH]c(=O)c2[nH]c3cc(Cl)ccc3c(=O)c2c1=O.CS(=O)(=O)O. The summed E-state index contributed by atoms with van der Waals surface area (Å²) in [5, 5.41) is 3.18. The fraction of sp³-hybridized carbons (Fsp3) is 0.273. The maximum atomic E-state index is 13.3. The molecule has 10 nitrogen and oxygen atoms in total. The molecule has 4 aromatic rings. The quantitative estimate of drug-likeness (QED) is 0.284. The zero-order valence-electron chi connectivity index (χ0n) is 18.6. The third-order valence-electron chi connectivity index (χ3n) is 4.88. The molecule has 1 unspecified atom stereocenters. The highest BCUT2D eigenvalue weighted by Gasteiger charge is 2.22. The summed E-state index contributed by atoms with van der Waals surface area (Å²) in [6.07, 6.45) is 2.92. The van der Waals surface area contributed by atoms with Gasteiger partial charge in [-0.3, -0.25) is 29.0 Å². The smallest absolute Gasteiger partial charge is 0.287 e.